The molecular formula is C16H24N2O3. The lowest BCUT2D eigenvalue weighted by molar-refractivity contribution is -0.0777. The van der Waals surface area contributed by atoms with Gasteiger partial charge in [-0.1, -0.05) is 0 Å². The van der Waals surface area contributed by atoms with Gasteiger partial charge >= 0.3 is 0 Å². The largest absolute Gasteiger partial charge is 0.375 e. The van der Waals surface area contributed by atoms with Gasteiger partial charge in [0.05, 0.1) is 5.60 Å². The van der Waals surface area contributed by atoms with Gasteiger partial charge in [-0.3, -0.25) is 9.59 Å². The van der Waals surface area contributed by atoms with Crippen molar-refractivity contribution in [1.29, 1.82) is 0 Å². The highest BCUT2D eigenvalue weighted by molar-refractivity contribution is 5.94. The SMILES string of the molecule is CCN(C(=O)c1ccn(C)c(=O)c1)C1CCOC(C)(C)C1. The Hall–Kier alpha value is -1.62. The Labute approximate surface area is 125 Å². The zero-order valence-electron chi connectivity index (χ0n) is 13.3. The van der Waals surface area contributed by atoms with Crippen LogP contribution in [-0.2, 0) is 11.8 Å². The van der Waals surface area contributed by atoms with Crippen molar-refractivity contribution in [3.05, 3.63) is 34.2 Å². The number of carbonyl (C=O) groups is 1. The molecule has 2 rings (SSSR count). The number of pyridine rings is 1. The summed E-state index contributed by atoms with van der Waals surface area (Å²) < 4.78 is 7.18. The van der Waals surface area contributed by atoms with Crippen LogP contribution >= 0.6 is 0 Å². The maximum Gasteiger partial charge on any atom is 0.254 e. The average molecular weight is 292 g/mol. The Morgan fingerprint density at radius 2 is 2.24 bits per heavy atom. The second kappa shape index (κ2) is 6.02. The fourth-order valence-corrected chi connectivity index (χ4v) is 2.88. The minimum atomic E-state index is -0.205. The molecular weight excluding hydrogens is 268 g/mol. The number of ether oxygens (including phenoxy) is 1. The average Bonchev–Trinajstić information content (AvgIpc) is 2.41. The van der Waals surface area contributed by atoms with Gasteiger partial charge in [-0.2, -0.15) is 0 Å². The van der Waals surface area contributed by atoms with Gasteiger partial charge in [-0.05, 0) is 39.7 Å². The van der Waals surface area contributed by atoms with E-state index in [0.717, 1.165) is 12.8 Å². The molecule has 116 valence electrons. The quantitative estimate of drug-likeness (QED) is 0.853. The molecule has 0 aliphatic carbocycles. The maximum absolute atomic E-state index is 12.7. The minimum absolute atomic E-state index is 0.0714. The van der Waals surface area contributed by atoms with Gasteiger partial charge in [-0.15, -0.1) is 0 Å². The van der Waals surface area contributed by atoms with Crippen molar-refractivity contribution in [2.24, 2.45) is 7.05 Å². The van der Waals surface area contributed by atoms with E-state index in [0.29, 0.717) is 18.7 Å². The maximum atomic E-state index is 12.7. The third-order valence-electron chi connectivity index (χ3n) is 4.06. The van der Waals surface area contributed by atoms with E-state index >= 15 is 0 Å². The number of nitrogens with zero attached hydrogens (tertiary/aromatic N) is 2. The van der Waals surface area contributed by atoms with E-state index in [1.165, 1.54) is 10.6 Å². The molecule has 1 fully saturated rings. The van der Waals surface area contributed by atoms with Crippen molar-refractivity contribution in [3.8, 4) is 0 Å². The summed E-state index contributed by atoms with van der Waals surface area (Å²) in [6.45, 7) is 7.37. The van der Waals surface area contributed by atoms with Gasteiger partial charge < -0.3 is 14.2 Å². The molecule has 1 atom stereocenters. The van der Waals surface area contributed by atoms with Gasteiger partial charge in [0.15, 0.2) is 0 Å². The van der Waals surface area contributed by atoms with Crippen LogP contribution in [0.15, 0.2) is 23.1 Å². The lowest BCUT2D eigenvalue weighted by Gasteiger charge is -2.41. The van der Waals surface area contributed by atoms with Crippen molar-refractivity contribution in [2.45, 2.75) is 45.3 Å². The van der Waals surface area contributed by atoms with Gasteiger partial charge in [0.25, 0.3) is 11.5 Å². The molecule has 1 saturated heterocycles. The smallest absolute Gasteiger partial charge is 0.254 e. The zero-order chi connectivity index (χ0) is 15.6. The number of hydrogen-bond donors (Lipinski definition) is 0. The molecule has 21 heavy (non-hydrogen) atoms. The van der Waals surface area contributed by atoms with Gasteiger partial charge in [0.2, 0.25) is 0 Å². The first-order valence-corrected chi connectivity index (χ1v) is 7.45. The molecule has 0 bridgehead atoms. The second-order valence-corrected chi connectivity index (χ2v) is 6.21. The standard InChI is InChI=1S/C16H24N2O3/c1-5-18(13-7-9-21-16(2,3)11-13)15(20)12-6-8-17(4)14(19)10-12/h6,8,10,13H,5,7,9,11H2,1-4H3. The fraction of sp³-hybridized carbons (Fsp3) is 0.625. The Morgan fingerprint density at radius 1 is 1.52 bits per heavy atom. The van der Waals surface area contributed by atoms with Crippen LogP contribution in [0.25, 0.3) is 0 Å². The van der Waals surface area contributed by atoms with Crippen LogP contribution in [0.3, 0.4) is 0 Å². The van der Waals surface area contributed by atoms with Crippen molar-refractivity contribution in [1.82, 2.24) is 9.47 Å². The predicted molar refractivity (Wildman–Crippen MR) is 81.4 cm³/mol. The third kappa shape index (κ3) is 3.53. The molecule has 0 spiro atoms. The highest BCUT2D eigenvalue weighted by Gasteiger charge is 2.34. The summed E-state index contributed by atoms with van der Waals surface area (Å²) in [6.07, 6.45) is 3.29. The summed E-state index contributed by atoms with van der Waals surface area (Å²) in [7, 11) is 1.68. The summed E-state index contributed by atoms with van der Waals surface area (Å²) in [4.78, 5) is 26.3. The van der Waals surface area contributed by atoms with Crippen molar-refractivity contribution in [3.63, 3.8) is 0 Å². The first-order chi connectivity index (χ1) is 9.84. The first-order valence-electron chi connectivity index (χ1n) is 7.45. The van der Waals surface area contributed by atoms with Crippen molar-refractivity contribution < 1.29 is 9.53 Å². The molecule has 1 aliphatic heterocycles. The molecule has 1 unspecified atom stereocenters. The predicted octanol–water partition coefficient (Wildman–Crippen LogP) is 1.80. The third-order valence-corrected chi connectivity index (χ3v) is 4.06. The minimum Gasteiger partial charge on any atom is -0.375 e. The number of amides is 1. The van der Waals surface area contributed by atoms with Crippen LogP contribution in [0, 0.1) is 0 Å². The lowest BCUT2D eigenvalue weighted by Crippen LogP contribution is -2.48. The summed E-state index contributed by atoms with van der Waals surface area (Å²) >= 11 is 0. The summed E-state index contributed by atoms with van der Waals surface area (Å²) in [6, 6.07) is 3.28. The number of rotatable bonds is 3. The van der Waals surface area contributed by atoms with Gasteiger partial charge in [0, 0.05) is 44.1 Å². The summed E-state index contributed by atoms with van der Waals surface area (Å²) in [5, 5.41) is 0. The van der Waals surface area contributed by atoms with E-state index in [1.54, 1.807) is 19.3 Å². The molecule has 5 heteroatoms. The van der Waals surface area contributed by atoms with Crippen LogP contribution in [0.5, 0.6) is 0 Å². The molecule has 1 aromatic rings. The number of carbonyl (C=O) groups excluding carboxylic acids is 1. The summed E-state index contributed by atoms with van der Waals surface area (Å²) in [5.74, 6) is -0.0714. The van der Waals surface area contributed by atoms with E-state index in [2.05, 4.69) is 13.8 Å². The first kappa shape index (κ1) is 15.8. The molecule has 0 radical (unpaired) electrons. The fourth-order valence-electron chi connectivity index (χ4n) is 2.88. The van der Waals surface area contributed by atoms with Crippen molar-refractivity contribution >= 4 is 5.91 Å². The van der Waals surface area contributed by atoms with E-state index in [-0.39, 0.29) is 23.1 Å². The lowest BCUT2D eigenvalue weighted by atomic mass is 9.92. The van der Waals surface area contributed by atoms with E-state index < -0.39 is 0 Å². The highest BCUT2D eigenvalue weighted by atomic mass is 16.5. The molecule has 1 aliphatic rings. The molecule has 0 N–H and O–H groups in total. The van der Waals surface area contributed by atoms with Gasteiger partial charge in [-0.25, -0.2) is 0 Å². The molecule has 1 aromatic heterocycles. The van der Waals surface area contributed by atoms with E-state index in [9.17, 15) is 9.59 Å². The number of hydrogen-bond acceptors (Lipinski definition) is 3. The van der Waals surface area contributed by atoms with Crippen LogP contribution < -0.4 is 5.56 Å². The monoisotopic (exact) mass is 292 g/mol. The topological polar surface area (TPSA) is 51.5 Å². The van der Waals surface area contributed by atoms with Crippen LogP contribution in [-0.4, -0.2) is 40.2 Å². The molecule has 0 aromatic carbocycles. The van der Waals surface area contributed by atoms with Crippen LogP contribution in [0.2, 0.25) is 0 Å². The Morgan fingerprint density at radius 3 is 2.81 bits per heavy atom. The molecule has 0 saturated carbocycles. The van der Waals surface area contributed by atoms with Gasteiger partial charge in [0.1, 0.15) is 0 Å². The van der Waals surface area contributed by atoms with E-state index in [4.69, 9.17) is 4.74 Å². The number of aryl methyl sites for hydroxylation is 1. The Bertz CT molecular complexity index is 577. The molecule has 2 heterocycles. The zero-order valence-corrected chi connectivity index (χ0v) is 13.3. The normalized spacial score (nSPS) is 21.0. The second-order valence-electron chi connectivity index (χ2n) is 6.21. The van der Waals surface area contributed by atoms with Crippen molar-refractivity contribution in [2.75, 3.05) is 13.2 Å². The molecule has 5 nitrogen and oxygen atoms in total. The Kier molecular flexibility index (Phi) is 4.52. The summed E-state index contributed by atoms with van der Waals surface area (Å²) in [5.41, 5.74) is 0.0946. The van der Waals surface area contributed by atoms with E-state index in [1.807, 2.05) is 11.8 Å². The van der Waals surface area contributed by atoms with Crippen LogP contribution in [0.4, 0.5) is 0 Å². The Balaban J connectivity index is 2.22. The highest BCUT2D eigenvalue weighted by Crippen LogP contribution is 2.28. The molecule has 1 amide bonds. The number of aromatic nitrogens is 1. The van der Waals surface area contributed by atoms with Crippen LogP contribution in [0.1, 0.15) is 44.0 Å².